The summed E-state index contributed by atoms with van der Waals surface area (Å²) < 4.78 is 26.2. The van der Waals surface area contributed by atoms with E-state index in [1.165, 1.54) is 5.57 Å². The van der Waals surface area contributed by atoms with Crippen molar-refractivity contribution in [3.8, 4) is 0 Å². The van der Waals surface area contributed by atoms with Crippen LogP contribution in [0.1, 0.15) is 99.8 Å². The SMILES string of the molecule is C=C1C[C@H]2C(=O)O[C@H]3C[C@@H](C/C=C(\C)C[C@@H](C)/C=C/C=C(\CO[Si](C)(C)C(C)(C)C)[C@]2(O)C[C@@H]1O)O[C@@]1(CC[C@H](C)[C@@H](C)O1)C3. The van der Waals surface area contributed by atoms with E-state index in [-0.39, 0.29) is 42.6 Å². The molecular formula is C37H60O7Si. The Balaban J connectivity index is 1.74. The molecule has 3 fully saturated rings. The minimum Gasteiger partial charge on any atom is -0.462 e. The third kappa shape index (κ3) is 8.49. The maximum Gasteiger partial charge on any atom is 0.312 e. The molecule has 0 amide bonds. The van der Waals surface area contributed by atoms with Gasteiger partial charge in [0.1, 0.15) is 11.7 Å². The molecule has 254 valence electrons. The minimum atomic E-state index is -2.20. The van der Waals surface area contributed by atoms with Gasteiger partial charge < -0.3 is 28.8 Å². The number of carbonyl (C=O) groups excluding carboxylic acids is 1. The topological polar surface area (TPSA) is 94.5 Å². The molecule has 1 aliphatic carbocycles. The Hall–Kier alpha value is -1.55. The Morgan fingerprint density at radius 2 is 1.82 bits per heavy atom. The van der Waals surface area contributed by atoms with E-state index in [0.29, 0.717) is 29.9 Å². The molecule has 3 heterocycles. The number of fused-ring (bicyclic) bond motifs is 3. The molecule has 1 spiro atoms. The molecule has 4 aliphatic rings. The molecule has 2 saturated heterocycles. The lowest BCUT2D eigenvalue weighted by atomic mass is 9.68. The average Bonchev–Trinajstić information content (AvgIpc) is 2.92. The van der Waals surface area contributed by atoms with E-state index in [4.69, 9.17) is 18.6 Å². The van der Waals surface area contributed by atoms with E-state index in [1.807, 2.05) is 12.2 Å². The van der Waals surface area contributed by atoms with Gasteiger partial charge in [0.15, 0.2) is 14.1 Å². The molecule has 0 unspecified atom stereocenters. The zero-order valence-corrected chi connectivity index (χ0v) is 30.4. The number of carbonyl (C=O) groups is 1. The highest BCUT2D eigenvalue weighted by Gasteiger charge is 2.53. The van der Waals surface area contributed by atoms with Crippen LogP contribution in [-0.2, 0) is 23.4 Å². The van der Waals surface area contributed by atoms with Gasteiger partial charge in [0.25, 0.3) is 0 Å². The van der Waals surface area contributed by atoms with Crippen molar-refractivity contribution >= 4 is 14.3 Å². The first-order valence-electron chi connectivity index (χ1n) is 17.2. The smallest absolute Gasteiger partial charge is 0.312 e. The highest BCUT2D eigenvalue weighted by molar-refractivity contribution is 6.74. The first-order valence-corrected chi connectivity index (χ1v) is 20.1. The second-order valence-corrected chi connectivity index (χ2v) is 21.0. The molecule has 8 heteroatoms. The van der Waals surface area contributed by atoms with E-state index in [2.05, 4.69) is 80.3 Å². The summed E-state index contributed by atoms with van der Waals surface area (Å²) in [6, 6.07) is 0. The highest BCUT2D eigenvalue weighted by atomic mass is 28.4. The summed E-state index contributed by atoms with van der Waals surface area (Å²) >= 11 is 0. The zero-order valence-electron chi connectivity index (χ0n) is 29.4. The van der Waals surface area contributed by atoms with Crippen LogP contribution in [0.15, 0.2) is 47.6 Å². The van der Waals surface area contributed by atoms with Crippen molar-refractivity contribution in [3.63, 3.8) is 0 Å². The van der Waals surface area contributed by atoms with Crippen molar-refractivity contribution in [1.29, 1.82) is 0 Å². The molecule has 0 aromatic rings. The van der Waals surface area contributed by atoms with Gasteiger partial charge in [0.2, 0.25) is 0 Å². The van der Waals surface area contributed by atoms with Gasteiger partial charge >= 0.3 is 5.97 Å². The molecule has 2 N–H and O–H groups in total. The van der Waals surface area contributed by atoms with Crippen molar-refractivity contribution in [3.05, 3.63) is 47.6 Å². The number of aliphatic hydroxyl groups is 2. The summed E-state index contributed by atoms with van der Waals surface area (Å²) in [5, 5.41) is 23.5. The van der Waals surface area contributed by atoms with Gasteiger partial charge in [-0.2, -0.15) is 0 Å². The number of allylic oxidation sites excluding steroid dienone is 4. The second kappa shape index (κ2) is 13.9. The van der Waals surface area contributed by atoms with E-state index in [9.17, 15) is 15.0 Å². The van der Waals surface area contributed by atoms with Crippen LogP contribution in [0, 0.1) is 17.8 Å². The van der Waals surface area contributed by atoms with E-state index < -0.39 is 43.8 Å². The summed E-state index contributed by atoms with van der Waals surface area (Å²) in [5.41, 5.74) is 0.739. The van der Waals surface area contributed by atoms with Gasteiger partial charge in [-0.15, -0.1) is 0 Å². The standard InChI is InChI=1S/C37H60O7Si/c1-24-12-11-13-29(23-41-45(9,10)35(6,7)8)37(40)22-33(38)27(4)19-32(37)34(39)42-31-20-30(15-14-25(2)18-24)44-36(21-31)17-16-26(3)28(5)43-36/h11-14,24,26,28,30-33,38,40H,4,15-23H2,1-3,5-10H3/b12-11+,25-14+,29-13+/t24-,26-,28+,30+,31-,32-,33-,36-,37+/m0/s1. The summed E-state index contributed by atoms with van der Waals surface area (Å²) in [4.78, 5) is 14.2. The zero-order chi connectivity index (χ0) is 33.4. The number of hydrogen-bond donors (Lipinski definition) is 2. The molecule has 0 radical (unpaired) electrons. The third-order valence-corrected chi connectivity index (χ3v) is 15.8. The molecule has 7 nitrogen and oxygen atoms in total. The molecule has 0 aromatic carbocycles. The molecule has 3 aliphatic heterocycles. The maximum absolute atomic E-state index is 14.2. The van der Waals surface area contributed by atoms with Crippen LogP contribution in [0.3, 0.4) is 0 Å². The summed E-state index contributed by atoms with van der Waals surface area (Å²) in [6.07, 6.45) is 11.2. The van der Waals surface area contributed by atoms with Gasteiger partial charge in [0.05, 0.1) is 30.8 Å². The van der Waals surface area contributed by atoms with Gasteiger partial charge in [-0.3, -0.25) is 4.79 Å². The molecule has 4 rings (SSSR count). The van der Waals surface area contributed by atoms with Crippen LogP contribution in [-0.4, -0.2) is 66.9 Å². The Labute approximate surface area is 273 Å². The second-order valence-electron chi connectivity index (χ2n) is 16.1. The summed E-state index contributed by atoms with van der Waals surface area (Å²) in [7, 11) is -2.20. The number of aliphatic hydroxyl groups excluding tert-OH is 1. The van der Waals surface area contributed by atoms with Crippen molar-refractivity contribution < 1.29 is 33.6 Å². The molecule has 45 heavy (non-hydrogen) atoms. The van der Waals surface area contributed by atoms with Crippen LogP contribution >= 0.6 is 0 Å². The molecule has 9 atom stereocenters. The minimum absolute atomic E-state index is 0.0343. The first-order chi connectivity index (χ1) is 20.8. The first kappa shape index (κ1) is 36.3. The van der Waals surface area contributed by atoms with Crippen molar-refractivity contribution in [2.75, 3.05) is 6.61 Å². The van der Waals surface area contributed by atoms with Gasteiger partial charge in [-0.05, 0) is 80.6 Å². The third-order valence-electron chi connectivity index (χ3n) is 11.3. The average molecular weight is 645 g/mol. The number of rotatable bonds is 3. The largest absolute Gasteiger partial charge is 0.462 e. The molecule has 1 saturated carbocycles. The van der Waals surface area contributed by atoms with Crippen LogP contribution in [0.2, 0.25) is 18.1 Å². The Morgan fingerprint density at radius 1 is 1.11 bits per heavy atom. The highest BCUT2D eigenvalue weighted by Crippen LogP contribution is 2.46. The molecule has 2 bridgehead atoms. The normalized spacial score (nSPS) is 42.2. The fourth-order valence-corrected chi connectivity index (χ4v) is 7.91. The van der Waals surface area contributed by atoms with Crippen LogP contribution in [0.25, 0.3) is 0 Å². The molecular weight excluding hydrogens is 584 g/mol. The maximum atomic E-state index is 14.2. The van der Waals surface area contributed by atoms with Gasteiger partial charge in [-0.25, -0.2) is 0 Å². The van der Waals surface area contributed by atoms with Crippen molar-refractivity contribution in [2.45, 2.75) is 154 Å². The Kier molecular flexibility index (Phi) is 11.2. The van der Waals surface area contributed by atoms with Crippen LogP contribution < -0.4 is 0 Å². The number of ether oxygens (including phenoxy) is 3. The lowest BCUT2D eigenvalue weighted by Crippen LogP contribution is -2.55. The Morgan fingerprint density at radius 3 is 2.49 bits per heavy atom. The van der Waals surface area contributed by atoms with Crippen molar-refractivity contribution in [2.24, 2.45) is 17.8 Å². The lowest BCUT2D eigenvalue weighted by molar-refractivity contribution is -0.332. The fourth-order valence-electron chi connectivity index (χ4n) is 6.96. The van der Waals surface area contributed by atoms with E-state index >= 15 is 0 Å². The number of esters is 1. The fraction of sp³-hybridized carbons (Fsp3) is 0.757. The van der Waals surface area contributed by atoms with E-state index in [1.54, 1.807) is 0 Å². The van der Waals surface area contributed by atoms with Gasteiger partial charge in [-0.1, -0.05) is 71.1 Å². The number of hydrogen-bond acceptors (Lipinski definition) is 7. The predicted octanol–water partition coefficient (Wildman–Crippen LogP) is 7.55. The lowest BCUT2D eigenvalue weighted by Gasteiger charge is -2.49. The van der Waals surface area contributed by atoms with E-state index in [0.717, 1.165) is 25.7 Å². The van der Waals surface area contributed by atoms with Crippen molar-refractivity contribution in [1.82, 2.24) is 0 Å². The molecule has 0 aromatic heterocycles. The van der Waals surface area contributed by atoms with Crippen LogP contribution in [0.4, 0.5) is 0 Å². The quantitative estimate of drug-likeness (QED) is 0.186. The predicted molar refractivity (Wildman–Crippen MR) is 181 cm³/mol. The van der Waals surface area contributed by atoms with Gasteiger partial charge in [0, 0.05) is 25.7 Å². The van der Waals surface area contributed by atoms with Crippen LogP contribution in [0.5, 0.6) is 0 Å². The summed E-state index contributed by atoms with van der Waals surface area (Å²) in [6.45, 7) is 23.8. The monoisotopic (exact) mass is 644 g/mol. The summed E-state index contributed by atoms with van der Waals surface area (Å²) in [5.74, 6) is -1.51. The Bertz CT molecular complexity index is 1180.